The molecule has 1 aromatic carbocycles. The van der Waals surface area contributed by atoms with Crippen LogP contribution in [0.4, 0.5) is 5.69 Å². The third-order valence-electron chi connectivity index (χ3n) is 3.78. The number of hydrogen-bond donors (Lipinski definition) is 1. The normalized spacial score (nSPS) is 15.2. The van der Waals surface area contributed by atoms with Gasteiger partial charge in [-0.25, -0.2) is 0 Å². The van der Waals surface area contributed by atoms with Gasteiger partial charge >= 0.3 is 0 Å². The van der Waals surface area contributed by atoms with E-state index in [9.17, 15) is 4.79 Å². The van der Waals surface area contributed by atoms with Crippen molar-refractivity contribution in [3.8, 4) is 0 Å². The standard InChI is InChI=1S/C16H23ClN2O/c1-12-10-13(2)16(14(17)11-12)18-7-6-15(20)19-8-4-3-5-9-19/h10-11,18H,3-9H2,1-2H3. The SMILES string of the molecule is Cc1cc(C)c(NCCC(=O)N2CCCCC2)c(Cl)c1. The molecule has 0 spiro atoms. The van der Waals surface area contributed by atoms with Gasteiger partial charge in [-0.3, -0.25) is 4.79 Å². The number of likely N-dealkylation sites (tertiary alicyclic amines) is 1. The Balaban J connectivity index is 1.85. The Bertz CT molecular complexity index is 458. The van der Waals surface area contributed by atoms with E-state index in [1.165, 1.54) is 6.42 Å². The number of benzene rings is 1. The number of anilines is 1. The number of halogens is 1. The first-order valence-corrected chi connectivity index (χ1v) is 7.74. The van der Waals surface area contributed by atoms with Crippen molar-refractivity contribution in [3.05, 3.63) is 28.3 Å². The van der Waals surface area contributed by atoms with Crippen LogP contribution >= 0.6 is 11.6 Å². The van der Waals surface area contributed by atoms with Crippen molar-refractivity contribution >= 4 is 23.2 Å². The van der Waals surface area contributed by atoms with E-state index in [0.29, 0.717) is 13.0 Å². The number of carbonyl (C=O) groups excluding carboxylic acids is 1. The lowest BCUT2D eigenvalue weighted by Gasteiger charge is -2.26. The summed E-state index contributed by atoms with van der Waals surface area (Å²) in [5.41, 5.74) is 3.23. The van der Waals surface area contributed by atoms with Crippen LogP contribution in [0.2, 0.25) is 5.02 Å². The Kier molecular flexibility index (Phi) is 5.30. The van der Waals surface area contributed by atoms with Crippen molar-refractivity contribution in [2.24, 2.45) is 0 Å². The quantitative estimate of drug-likeness (QED) is 0.917. The van der Waals surface area contributed by atoms with E-state index in [4.69, 9.17) is 11.6 Å². The predicted octanol–water partition coefficient (Wildman–Crippen LogP) is 3.77. The minimum absolute atomic E-state index is 0.248. The minimum atomic E-state index is 0.248. The van der Waals surface area contributed by atoms with Crippen LogP contribution in [-0.2, 0) is 4.79 Å². The molecule has 0 unspecified atom stereocenters. The van der Waals surface area contributed by atoms with E-state index in [0.717, 1.165) is 47.8 Å². The third-order valence-corrected chi connectivity index (χ3v) is 4.08. The van der Waals surface area contributed by atoms with Gasteiger partial charge in [-0.15, -0.1) is 0 Å². The predicted molar refractivity (Wildman–Crippen MR) is 84.5 cm³/mol. The van der Waals surface area contributed by atoms with Crippen molar-refractivity contribution in [1.82, 2.24) is 4.90 Å². The van der Waals surface area contributed by atoms with Crippen molar-refractivity contribution in [2.75, 3.05) is 25.0 Å². The second kappa shape index (κ2) is 6.98. The fraction of sp³-hybridized carbons (Fsp3) is 0.562. The monoisotopic (exact) mass is 294 g/mol. The van der Waals surface area contributed by atoms with Crippen LogP contribution in [0, 0.1) is 13.8 Å². The van der Waals surface area contributed by atoms with Crippen LogP contribution in [0.25, 0.3) is 0 Å². The molecule has 1 heterocycles. The molecule has 4 heteroatoms. The van der Waals surface area contributed by atoms with Crippen LogP contribution < -0.4 is 5.32 Å². The molecule has 20 heavy (non-hydrogen) atoms. The van der Waals surface area contributed by atoms with Crippen LogP contribution in [0.1, 0.15) is 36.8 Å². The molecule has 1 aliphatic heterocycles. The van der Waals surface area contributed by atoms with Gasteiger partial charge in [0.1, 0.15) is 0 Å². The number of nitrogens with zero attached hydrogens (tertiary/aromatic N) is 1. The van der Waals surface area contributed by atoms with Crippen molar-refractivity contribution in [1.29, 1.82) is 0 Å². The van der Waals surface area contributed by atoms with Gasteiger partial charge in [-0.1, -0.05) is 17.7 Å². The molecule has 0 aliphatic carbocycles. The minimum Gasteiger partial charge on any atom is -0.383 e. The largest absolute Gasteiger partial charge is 0.383 e. The Labute approximate surface area is 126 Å². The molecule has 0 atom stereocenters. The van der Waals surface area contributed by atoms with Crippen molar-refractivity contribution in [2.45, 2.75) is 39.5 Å². The highest BCUT2D eigenvalue weighted by Gasteiger charge is 2.16. The van der Waals surface area contributed by atoms with Gasteiger partial charge in [0.25, 0.3) is 0 Å². The summed E-state index contributed by atoms with van der Waals surface area (Å²) in [4.78, 5) is 14.0. The first-order valence-electron chi connectivity index (χ1n) is 7.36. The summed E-state index contributed by atoms with van der Waals surface area (Å²) in [5, 5.41) is 4.03. The summed E-state index contributed by atoms with van der Waals surface area (Å²) in [5.74, 6) is 0.248. The first kappa shape index (κ1) is 15.2. The van der Waals surface area contributed by atoms with E-state index < -0.39 is 0 Å². The summed E-state index contributed by atoms with van der Waals surface area (Å²) in [6, 6.07) is 4.05. The summed E-state index contributed by atoms with van der Waals surface area (Å²) in [6.07, 6.45) is 4.06. The zero-order chi connectivity index (χ0) is 14.5. The first-order chi connectivity index (χ1) is 9.58. The molecular weight excluding hydrogens is 272 g/mol. The van der Waals surface area contributed by atoms with Crippen LogP contribution in [-0.4, -0.2) is 30.4 Å². The third kappa shape index (κ3) is 3.89. The van der Waals surface area contributed by atoms with Gasteiger partial charge in [-0.05, 0) is 50.3 Å². The molecule has 0 radical (unpaired) electrons. The van der Waals surface area contributed by atoms with Gasteiger partial charge in [0.05, 0.1) is 10.7 Å². The van der Waals surface area contributed by atoms with Gasteiger partial charge < -0.3 is 10.2 Å². The number of amides is 1. The zero-order valence-electron chi connectivity index (χ0n) is 12.3. The summed E-state index contributed by atoms with van der Waals surface area (Å²) in [7, 11) is 0. The lowest BCUT2D eigenvalue weighted by molar-refractivity contribution is -0.131. The average Bonchev–Trinajstić information content (AvgIpc) is 2.42. The summed E-state index contributed by atoms with van der Waals surface area (Å²) < 4.78 is 0. The van der Waals surface area contributed by atoms with Gasteiger partial charge in [0.15, 0.2) is 0 Å². The second-order valence-electron chi connectivity index (χ2n) is 5.56. The fourth-order valence-corrected chi connectivity index (χ4v) is 3.12. The Morgan fingerprint density at radius 2 is 1.95 bits per heavy atom. The highest BCUT2D eigenvalue weighted by Crippen LogP contribution is 2.27. The number of rotatable bonds is 4. The smallest absolute Gasteiger partial charge is 0.224 e. The van der Waals surface area contributed by atoms with Gasteiger partial charge in [-0.2, -0.15) is 0 Å². The second-order valence-corrected chi connectivity index (χ2v) is 5.96. The molecule has 1 amide bonds. The Morgan fingerprint density at radius 1 is 1.25 bits per heavy atom. The Morgan fingerprint density at radius 3 is 2.60 bits per heavy atom. The number of aryl methyl sites for hydroxylation is 2. The fourth-order valence-electron chi connectivity index (χ4n) is 2.74. The Hall–Kier alpha value is -1.22. The number of piperidine rings is 1. The van der Waals surface area contributed by atoms with E-state index in [1.54, 1.807) is 0 Å². The molecule has 0 aromatic heterocycles. The zero-order valence-corrected chi connectivity index (χ0v) is 13.1. The molecule has 110 valence electrons. The van der Waals surface area contributed by atoms with Crippen molar-refractivity contribution < 1.29 is 4.79 Å². The van der Waals surface area contributed by atoms with E-state index in [-0.39, 0.29) is 5.91 Å². The summed E-state index contributed by atoms with van der Waals surface area (Å²) >= 11 is 6.24. The molecule has 1 saturated heterocycles. The van der Waals surface area contributed by atoms with E-state index in [2.05, 4.69) is 11.4 Å². The van der Waals surface area contributed by atoms with Crippen molar-refractivity contribution in [3.63, 3.8) is 0 Å². The van der Waals surface area contributed by atoms with Gasteiger partial charge in [0.2, 0.25) is 5.91 Å². The van der Waals surface area contributed by atoms with Crippen LogP contribution in [0.3, 0.4) is 0 Å². The average molecular weight is 295 g/mol. The summed E-state index contributed by atoms with van der Waals surface area (Å²) in [6.45, 7) is 6.54. The van der Waals surface area contributed by atoms with Gasteiger partial charge in [0, 0.05) is 26.1 Å². The number of nitrogens with one attached hydrogen (secondary N) is 1. The number of carbonyl (C=O) groups is 1. The van der Waals surface area contributed by atoms with Crippen LogP contribution in [0.5, 0.6) is 0 Å². The van der Waals surface area contributed by atoms with E-state index in [1.807, 2.05) is 24.8 Å². The number of hydrogen-bond acceptors (Lipinski definition) is 2. The molecule has 2 rings (SSSR count). The molecule has 1 aliphatic rings. The molecule has 3 nitrogen and oxygen atoms in total. The highest BCUT2D eigenvalue weighted by atomic mass is 35.5. The van der Waals surface area contributed by atoms with Crippen LogP contribution in [0.15, 0.2) is 12.1 Å². The maximum Gasteiger partial charge on any atom is 0.224 e. The molecule has 0 bridgehead atoms. The molecule has 1 fully saturated rings. The molecular formula is C16H23ClN2O. The molecule has 1 aromatic rings. The topological polar surface area (TPSA) is 32.3 Å². The lowest BCUT2D eigenvalue weighted by atomic mass is 10.1. The maximum absolute atomic E-state index is 12.1. The molecule has 1 N–H and O–H groups in total. The maximum atomic E-state index is 12.1. The molecule has 0 saturated carbocycles. The van der Waals surface area contributed by atoms with E-state index >= 15 is 0 Å². The lowest BCUT2D eigenvalue weighted by Crippen LogP contribution is -2.36. The highest BCUT2D eigenvalue weighted by molar-refractivity contribution is 6.33.